The largest absolute Gasteiger partial charge is 0.298 e. The van der Waals surface area contributed by atoms with Gasteiger partial charge in [0, 0.05) is 11.3 Å². The summed E-state index contributed by atoms with van der Waals surface area (Å²) in [6.07, 6.45) is 12.2. The van der Waals surface area contributed by atoms with Gasteiger partial charge in [-0.15, -0.1) is 0 Å². The van der Waals surface area contributed by atoms with Crippen LogP contribution in [0.3, 0.4) is 0 Å². The molecule has 0 bridgehead atoms. The van der Waals surface area contributed by atoms with Crippen molar-refractivity contribution in [3.63, 3.8) is 0 Å². The lowest BCUT2D eigenvalue weighted by atomic mass is 9.84. The second kappa shape index (κ2) is 7.29. The monoisotopic (exact) mass is 411 g/mol. The van der Waals surface area contributed by atoms with E-state index in [1.807, 2.05) is 24.7 Å². The molecular formula is C24H21N5S. The number of hydrogen-bond acceptors (Lipinski definition) is 5. The van der Waals surface area contributed by atoms with Gasteiger partial charge in [-0.1, -0.05) is 37.5 Å². The van der Waals surface area contributed by atoms with Gasteiger partial charge >= 0.3 is 0 Å². The number of aromatic nitrogens is 5. The summed E-state index contributed by atoms with van der Waals surface area (Å²) in [5.74, 6) is 1.38. The van der Waals surface area contributed by atoms with E-state index in [-0.39, 0.29) is 0 Å². The molecule has 1 saturated carbocycles. The maximum Gasteiger partial charge on any atom is 0.162 e. The first kappa shape index (κ1) is 17.7. The molecule has 30 heavy (non-hydrogen) atoms. The van der Waals surface area contributed by atoms with Crippen molar-refractivity contribution in [1.29, 1.82) is 0 Å². The SMILES string of the molecule is c1cc(C2CCCCC2)cc(-n2cnc3cccc(-c4ncc5sncc5n4)c32)c1. The highest BCUT2D eigenvalue weighted by Crippen LogP contribution is 2.34. The van der Waals surface area contributed by atoms with Crippen LogP contribution in [0.25, 0.3) is 38.3 Å². The van der Waals surface area contributed by atoms with Gasteiger partial charge in [0.25, 0.3) is 0 Å². The van der Waals surface area contributed by atoms with Crippen LogP contribution in [0.2, 0.25) is 0 Å². The van der Waals surface area contributed by atoms with Crippen molar-refractivity contribution in [3.05, 3.63) is 66.7 Å². The fraction of sp³-hybridized carbons (Fsp3) is 0.250. The predicted octanol–water partition coefficient (Wildman–Crippen LogP) is 6.14. The van der Waals surface area contributed by atoms with Crippen molar-refractivity contribution in [2.75, 3.05) is 0 Å². The van der Waals surface area contributed by atoms with E-state index in [9.17, 15) is 0 Å². The van der Waals surface area contributed by atoms with Crippen molar-refractivity contribution < 1.29 is 0 Å². The lowest BCUT2D eigenvalue weighted by Crippen LogP contribution is -2.05. The minimum Gasteiger partial charge on any atom is -0.298 e. The molecule has 5 nitrogen and oxygen atoms in total. The highest BCUT2D eigenvalue weighted by atomic mass is 32.1. The summed E-state index contributed by atoms with van der Waals surface area (Å²) >= 11 is 1.42. The maximum atomic E-state index is 4.76. The third kappa shape index (κ3) is 2.99. The van der Waals surface area contributed by atoms with Crippen molar-refractivity contribution in [2.45, 2.75) is 38.0 Å². The van der Waals surface area contributed by atoms with Gasteiger partial charge in [0.2, 0.25) is 0 Å². The van der Waals surface area contributed by atoms with Gasteiger partial charge in [-0.3, -0.25) is 4.57 Å². The maximum absolute atomic E-state index is 4.76. The highest BCUT2D eigenvalue weighted by Gasteiger charge is 2.18. The Morgan fingerprint density at radius 2 is 1.80 bits per heavy atom. The zero-order chi connectivity index (χ0) is 19.9. The molecule has 0 radical (unpaired) electrons. The van der Waals surface area contributed by atoms with Crippen molar-refractivity contribution in [2.24, 2.45) is 0 Å². The van der Waals surface area contributed by atoms with Crippen LogP contribution in [-0.2, 0) is 0 Å². The predicted molar refractivity (Wildman–Crippen MR) is 121 cm³/mol. The Balaban J connectivity index is 1.50. The number of imidazole rings is 1. The lowest BCUT2D eigenvalue weighted by molar-refractivity contribution is 0.443. The normalized spacial score (nSPS) is 15.2. The Labute approximate surface area is 178 Å². The Kier molecular flexibility index (Phi) is 4.30. The quantitative estimate of drug-likeness (QED) is 0.358. The minimum absolute atomic E-state index is 0.671. The Morgan fingerprint density at radius 1 is 0.900 bits per heavy atom. The molecule has 1 fully saturated rings. The van der Waals surface area contributed by atoms with Crippen LogP contribution >= 0.6 is 11.5 Å². The number of para-hydroxylation sites is 1. The molecule has 1 aliphatic carbocycles. The van der Waals surface area contributed by atoms with Gasteiger partial charge in [0.05, 0.1) is 28.1 Å². The minimum atomic E-state index is 0.671. The molecule has 148 valence electrons. The van der Waals surface area contributed by atoms with E-state index in [0.717, 1.165) is 32.5 Å². The van der Waals surface area contributed by atoms with Crippen molar-refractivity contribution >= 4 is 32.8 Å². The molecule has 6 heteroatoms. The summed E-state index contributed by atoms with van der Waals surface area (Å²) < 4.78 is 7.41. The fourth-order valence-corrected chi connectivity index (χ4v) is 5.17. The van der Waals surface area contributed by atoms with Crippen LogP contribution in [0.1, 0.15) is 43.6 Å². The Morgan fingerprint density at radius 3 is 2.73 bits per heavy atom. The molecule has 0 N–H and O–H groups in total. The molecule has 0 atom stereocenters. The summed E-state index contributed by atoms with van der Waals surface area (Å²) in [6, 6.07) is 15.1. The number of rotatable bonds is 3. The summed E-state index contributed by atoms with van der Waals surface area (Å²) in [4.78, 5) is 14.1. The molecule has 5 aromatic rings. The zero-order valence-corrected chi connectivity index (χ0v) is 17.3. The second-order valence-electron chi connectivity index (χ2n) is 7.99. The van der Waals surface area contributed by atoms with Gasteiger partial charge < -0.3 is 0 Å². The third-order valence-corrected chi connectivity index (χ3v) is 6.86. The van der Waals surface area contributed by atoms with E-state index in [2.05, 4.69) is 49.2 Å². The fourth-order valence-electron chi connectivity index (χ4n) is 4.62. The number of fused-ring (bicyclic) bond motifs is 2. The van der Waals surface area contributed by atoms with Gasteiger partial charge in [-0.25, -0.2) is 15.0 Å². The van der Waals surface area contributed by atoms with Gasteiger partial charge in [-0.05, 0) is 60.1 Å². The van der Waals surface area contributed by atoms with E-state index in [1.54, 1.807) is 6.20 Å². The average molecular weight is 412 g/mol. The molecule has 2 aromatic carbocycles. The summed E-state index contributed by atoms with van der Waals surface area (Å²) in [5, 5.41) is 0. The van der Waals surface area contributed by atoms with Gasteiger partial charge in [-0.2, -0.15) is 4.37 Å². The first-order chi connectivity index (χ1) is 14.9. The van der Waals surface area contributed by atoms with Crippen LogP contribution in [0.5, 0.6) is 0 Å². The molecule has 0 aliphatic heterocycles. The van der Waals surface area contributed by atoms with Gasteiger partial charge in [0.1, 0.15) is 11.8 Å². The van der Waals surface area contributed by atoms with E-state index < -0.39 is 0 Å². The first-order valence-electron chi connectivity index (χ1n) is 10.5. The van der Waals surface area contributed by atoms with Crippen LogP contribution in [0.15, 0.2) is 61.2 Å². The van der Waals surface area contributed by atoms with E-state index in [1.165, 1.54) is 49.2 Å². The molecule has 6 rings (SSSR count). The highest BCUT2D eigenvalue weighted by molar-refractivity contribution is 7.13. The molecule has 3 heterocycles. The summed E-state index contributed by atoms with van der Waals surface area (Å²) in [7, 11) is 0. The zero-order valence-electron chi connectivity index (χ0n) is 16.5. The summed E-state index contributed by atoms with van der Waals surface area (Å²) in [6.45, 7) is 0. The Bertz CT molecular complexity index is 1350. The van der Waals surface area contributed by atoms with E-state index >= 15 is 0 Å². The van der Waals surface area contributed by atoms with Crippen LogP contribution < -0.4 is 0 Å². The average Bonchev–Trinajstić information content (AvgIpc) is 3.46. The molecule has 0 saturated heterocycles. The van der Waals surface area contributed by atoms with Crippen LogP contribution in [0.4, 0.5) is 0 Å². The van der Waals surface area contributed by atoms with Crippen LogP contribution in [-0.4, -0.2) is 23.9 Å². The lowest BCUT2D eigenvalue weighted by Gasteiger charge is -2.22. The standard InChI is InChI=1S/C24H21N5S/c1-2-6-16(7-3-1)17-8-4-9-18(12-17)29-15-26-20-11-5-10-19(23(20)29)24-25-14-22-21(28-24)13-27-30-22/h4-5,8-16H,1-3,6-7H2. The Hall–Kier alpha value is -3.12. The molecule has 0 spiro atoms. The smallest absolute Gasteiger partial charge is 0.162 e. The third-order valence-electron chi connectivity index (χ3n) is 6.14. The first-order valence-corrected chi connectivity index (χ1v) is 11.3. The van der Waals surface area contributed by atoms with Crippen LogP contribution in [0, 0.1) is 0 Å². The molecule has 0 unspecified atom stereocenters. The van der Waals surface area contributed by atoms with Crippen molar-refractivity contribution in [3.8, 4) is 17.1 Å². The van der Waals surface area contributed by atoms with E-state index in [0.29, 0.717) is 11.7 Å². The molecule has 1 aliphatic rings. The van der Waals surface area contributed by atoms with Crippen molar-refractivity contribution in [1.82, 2.24) is 23.9 Å². The summed E-state index contributed by atoms with van der Waals surface area (Å²) in [5.41, 5.74) is 6.44. The molecule has 0 amide bonds. The number of benzene rings is 2. The van der Waals surface area contributed by atoms with E-state index in [4.69, 9.17) is 4.98 Å². The molecular weight excluding hydrogens is 390 g/mol. The number of hydrogen-bond donors (Lipinski definition) is 0. The number of nitrogens with zero attached hydrogens (tertiary/aromatic N) is 5. The molecule has 3 aromatic heterocycles. The van der Waals surface area contributed by atoms with Gasteiger partial charge in [0.15, 0.2) is 5.82 Å². The topological polar surface area (TPSA) is 56.5 Å². The second-order valence-corrected chi connectivity index (χ2v) is 8.82.